The third kappa shape index (κ3) is 3.25. The molecule has 2 aliphatic rings. The highest BCUT2D eigenvalue weighted by atomic mass is 35.5. The van der Waals surface area contributed by atoms with Gasteiger partial charge in [-0.2, -0.15) is 0 Å². The van der Waals surface area contributed by atoms with Crippen LogP contribution in [0.1, 0.15) is 36.4 Å². The minimum atomic E-state index is -0.295. The molecule has 1 aromatic carbocycles. The van der Waals surface area contributed by atoms with Crippen molar-refractivity contribution >= 4 is 23.5 Å². The van der Waals surface area contributed by atoms with E-state index in [1.807, 2.05) is 12.1 Å². The Morgan fingerprint density at radius 2 is 2.18 bits per heavy atom. The minimum absolute atomic E-state index is 0.112. The summed E-state index contributed by atoms with van der Waals surface area (Å²) < 4.78 is 0. The van der Waals surface area contributed by atoms with Crippen LogP contribution in [0.5, 0.6) is 0 Å². The fourth-order valence-corrected chi connectivity index (χ4v) is 3.36. The molecule has 1 atom stereocenters. The lowest BCUT2D eigenvalue weighted by molar-refractivity contribution is -0.124. The number of rotatable bonds is 4. The molecule has 1 aromatic rings. The number of hydrogen-bond donors (Lipinski definition) is 2. The van der Waals surface area contributed by atoms with E-state index < -0.39 is 0 Å². The Bertz CT molecular complexity index is 575. The van der Waals surface area contributed by atoms with Gasteiger partial charge in [-0.1, -0.05) is 24.1 Å². The molecule has 6 heteroatoms. The number of carbonyl (C=O) groups is 2. The fraction of sp³-hybridized carbons (Fsp3) is 0.500. The van der Waals surface area contributed by atoms with Crippen molar-refractivity contribution < 1.29 is 9.59 Å². The molecule has 1 heterocycles. The number of nitrogens with one attached hydrogen (secondary N) is 2. The number of halogens is 1. The molecule has 0 unspecified atom stereocenters. The molecule has 1 aliphatic carbocycles. The molecule has 1 aliphatic heterocycles. The summed E-state index contributed by atoms with van der Waals surface area (Å²) in [7, 11) is 0. The van der Waals surface area contributed by atoms with Gasteiger partial charge in [0, 0.05) is 24.2 Å². The summed E-state index contributed by atoms with van der Waals surface area (Å²) in [5.74, 6) is -0.156. The van der Waals surface area contributed by atoms with E-state index >= 15 is 0 Å². The number of nitrogens with zero attached hydrogens (tertiary/aromatic N) is 1. The largest absolute Gasteiger partial charge is 0.329 e. The lowest BCUT2D eigenvalue weighted by atomic mass is 9.99. The molecule has 1 fully saturated rings. The van der Waals surface area contributed by atoms with Crippen LogP contribution < -0.4 is 10.6 Å². The van der Waals surface area contributed by atoms with Crippen molar-refractivity contribution in [3.8, 4) is 0 Å². The average molecular weight is 322 g/mol. The van der Waals surface area contributed by atoms with Gasteiger partial charge in [-0.3, -0.25) is 9.69 Å². The highest BCUT2D eigenvalue weighted by molar-refractivity contribution is 6.30. The summed E-state index contributed by atoms with van der Waals surface area (Å²) in [6.07, 6.45) is 4.47. The van der Waals surface area contributed by atoms with E-state index in [9.17, 15) is 9.59 Å². The Kier molecular flexibility index (Phi) is 4.64. The zero-order chi connectivity index (χ0) is 15.5. The number of carbonyl (C=O) groups excluding carboxylic acids is 2. The summed E-state index contributed by atoms with van der Waals surface area (Å²) >= 11 is 6.14. The fourth-order valence-electron chi connectivity index (χ4n) is 3.18. The second-order valence-electron chi connectivity index (χ2n) is 5.80. The standard InChI is InChI=1S/C16H20ClN3O2/c17-12-6-5-11-3-1-2-4-14(13(11)9-12)18-7-8-20-15(21)10-19-16(20)22/h5-6,9,14,18H,1-4,7-8,10H2,(H,19,22)/t14-/m0/s1. The Balaban J connectivity index is 1.64. The van der Waals surface area contributed by atoms with Gasteiger partial charge in [0.2, 0.25) is 5.91 Å². The number of aryl methyl sites for hydroxylation is 1. The van der Waals surface area contributed by atoms with Crippen LogP contribution in [0.15, 0.2) is 18.2 Å². The van der Waals surface area contributed by atoms with Crippen LogP contribution in [0.25, 0.3) is 0 Å². The first-order valence-corrected chi connectivity index (χ1v) is 8.13. The highest BCUT2D eigenvalue weighted by Crippen LogP contribution is 2.30. The molecule has 0 saturated carbocycles. The predicted molar refractivity (Wildman–Crippen MR) is 84.9 cm³/mol. The number of urea groups is 1. The van der Waals surface area contributed by atoms with Gasteiger partial charge >= 0.3 is 6.03 Å². The van der Waals surface area contributed by atoms with Crippen LogP contribution in [0.2, 0.25) is 5.02 Å². The maximum absolute atomic E-state index is 11.6. The first kappa shape index (κ1) is 15.3. The van der Waals surface area contributed by atoms with Crippen LogP contribution >= 0.6 is 11.6 Å². The number of fused-ring (bicyclic) bond motifs is 1. The van der Waals surface area contributed by atoms with E-state index in [4.69, 9.17) is 11.6 Å². The number of hydrogen-bond acceptors (Lipinski definition) is 3. The molecule has 0 spiro atoms. The number of imide groups is 1. The third-order valence-electron chi connectivity index (χ3n) is 4.34. The first-order valence-electron chi connectivity index (χ1n) is 7.75. The van der Waals surface area contributed by atoms with E-state index in [1.165, 1.54) is 22.4 Å². The van der Waals surface area contributed by atoms with Crippen molar-refractivity contribution in [2.24, 2.45) is 0 Å². The van der Waals surface area contributed by atoms with Crippen LogP contribution in [0.3, 0.4) is 0 Å². The Morgan fingerprint density at radius 3 is 2.95 bits per heavy atom. The number of benzene rings is 1. The van der Waals surface area contributed by atoms with E-state index in [0.717, 1.165) is 24.3 Å². The summed E-state index contributed by atoms with van der Waals surface area (Å²) in [5, 5.41) is 6.77. The maximum Gasteiger partial charge on any atom is 0.324 e. The van der Waals surface area contributed by atoms with Crippen LogP contribution in [-0.2, 0) is 11.2 Å². The monoisotopic (exact) mass is 321 g/mol. The van der Waals surface area contributed by atoms with E-state index in [0.29, 0.717) is 13.1 Å². The molecular formula is C16H20ClN3O2. The molecule has 3 amide bonds. The third-order valence-corrected chi connectivity index (χ3v) is 4.57. The summed E-state index contributed by atoms with van der Waals surface area (Å²) in [6.45, 7) is 1.10. The Hall–Kier alpha value is -1.59. The topological polar surface area (TPSA) is 61.4 Å². The SMILES string of the molecule is O=C1CNC(=O)N1CCN[C@H]1CCCCc2ccc(Cl)cc21. The van der Waals surface area contributed by atoms with Crippen molar-refractivity contribution in [2.75, 3.05) is 19.6 Å². The molecule has 118 valence electrons. The summed E-state index contributed by atoms with van der Waals surface area (Å²) in [4.78, 5) is 24.3. The second kappa shape index (κ2) is 6.67. The molecule has 22 heavy (non-hydrogen) atoms. The number of amides is 3. The van der Waals surface area contributed by atoms with Gasteiger partial charge in [0.05, 0.1) is 6.54 Å². The maximum atomic E-state index is 11.6. The quantitative estimate of drug-likeness (QED) is 0.660. The van der Waals surface area contributed by atoms with Gasteiger partial charge in [0.15, 0.2) is 0 Å². The summed E-state index contributed by atoms with van der Waals surface area (Å²) in [6, 6.07) is 6.02. The highest BCUT2D eigenvalue weighted by Gasteiger charge is 2.28. The van der Waals surface area contributed by atoms with Gasteiger partial charge in [0.25, 0.3) is 0 Å². The van der Waals surface area contributed by atoms with Gasteiger partial charge in [-0.15, -0.1) is 0 Å². The van der Waals surface area contributed by atoms with E-state index in [-0.39, 0.29) is 24.5 Å². The second-order valence-corrected chi connectivity index (χ2v) is 6.24. The molecule has 2 N–H and O–H groups in total. The van der Waals surface area contributed by atoms with Crippen molar-refractivity contribution in [1.29, 1.82) is 0 Å². The lowest BCUT2D eigenvalue weighted by Crippen LogP contribution is -2.38. The molecule has 3 rings (SSSR count). The lowest BCUT2D eigenvalue weighted by Gasteiger charge is -2.21. The smallest absolute Gasteiger partial charge is 0.324 e. The van der Waals surface area contributed by atoms with Crippen molar-refractivity contribution in [1.82, 2.24) is 15.5 Å². The first-order chi connectivity index (χ1) is 10.6. The molecule has 0 radical (unpaired) electrons. The van der Waals surface area contributed by atoms with Gasteiger partial charge < -0.3 is 10.6 Å². The predicted octanol–water partition coefficient (Wildman–Crippen LogP) is 2.25. The van der Waals surface area contributed by atoms with Crippen molar-refractivity contribution in [3.63, 3.8) is 0 Å². The molecular weight excluding hydrogens is 302 g/mol. The van der Waals surface area contributed by atoms with Gasteiger partial charge in [-0.05, 0) is 42.5 Å². The van der Waals surface area contributed by atoms with Crippen molar-refractivity contribution in [2.45, 2.75) is 31.7 Å². The zero-order valence-corrected chi connectivity index (χ0v) is 13.2. The van der Waals surface area contributed by atoms with Crippen LogP contribution in [-0.4, -0.2) is 36.5 Å². The Labute approximate surface area is 135 Å². The van der Waals surface area contributed by atoms with Gasteiger partial charge in [0.1, 0.15) is 0 Å². The van der Waals surface area contributed by atoms with Gasteiger partial charge in [-0.25, -0.2) is 4.79 Å². The van der Waals surface area contributed by atoms with Crippen molar-refractivity contribution in [3.05, 3.63) is 34.3 Å². The molecule has 1 saturated heterocycles. The molecule has 0 aromatic heterocycles. The van der Waals surface area contributed by atoms with E-state index in [2.05, 4.69) is 16.7 Å². The molecule has 5 nitrogen and oxygen atoms in total. The minimum Gasteiger partial charge on any atom is -0.329 e. The molecule has 0 bridgehead atoms. The average Bonchev–Trinajstić information content (AvgIpc) is 2.72. The normalized spacial score (nSPS) is 21.5. The summed E-state index contributed by atoms with van der Waals surface area (Å²) in [5.41, 5.74) is 2.59. The van der Waals surface area contributed by atoms with E-state index in [1.54, 1.807) is 0 Å². The Morgan fingerprint density at radius 1 is 1.32 bits per heavy atom. The van der Waals surface area contributed by atoms with Crippen LogP contribution in [0.4, 0.5) is 4.79 Å². The van der Waals surface area contributed by atoms with Crippen LogP contribution in [0, 0.1) is 0 Å². The zero-order valence-electron chi connectivity index (χ0n) is 12.4.